The van der Waals surface area contributed by atoms with Crippen LogP contribution in [-0.2, 0) is 14.3 Å². The van der Waals surface area contributed by atoms with Gasteiger partial charge in [-0.25, -0.2) is 4.98 Å². The molecule has 26 heavy (non-hydrogen) atoms. The number of aromatic amines is 1. The number of carbonyl (C=O) groups excluding carboxylic acids is 1. The molecule has 0 bridgehead atoms. The van der Waals surface area contributed by atoms with Crippen LogP contribution < -0.4 is 0 Å². The largest absolute Gasteiger partial charge is 0.460 e. The fraction of sp³-hybridized carbons (Fsp3) is 0.500. The number of nitrogens with zero attached hydrogens (tertiary/aromatic N) is 1. The molecule has 1 aromatic heterocycles. The molecule has 1 unspecified atom stereocenters. The predicted molar refractivity (Wildman–Crippen MR) is 104 cm³/mol. The lowest BCUT2D eigenvalue weighted by Crippen LogP contribution is -2.30. The zero-order valence-corrected chi connectivity index (χ0v) is 17.2. The number of benzene rings is 1. The summed E-state index contributed by atoms with van der Waals surface area (Å²) in [7, 11) is 1.69. The molecule has 0 aliphatic heterocycles. The number of rotatable bonds is 4. The van der Waals surface area contributed by atoms with E-state index in [1.54, 1.807) is 7.11 Å². The Morgan fingerprint density at radius 2 is 1.92 bits per heavy atom. The summed E-state index contributed by atoms with van der Waals surface area (Å²) in [5.74, 6) is 0.365. The van der Waals surface area contributed by atoms with E-state index >= 15 is 0 Å². The van der Waals surface area contributed by atoms with Crippen LogP contribution in [-0.4, -0.2) is 34.8 Å². The third-order valence-corrected chi connectivity index (χ3v) is 5.19. The van der Waals surface area contributed by atoms with E-state index in [0.29, 0.717) is 6.42 Å². The summed E-state index contributed by atoms with van der Waals surface area (Å²) in [6, 6.07) is 8.05. The Labute approximate surface area is 162 Å². The summed E-state index contributed by atoms with van der Waals surface area (Å²) in [5.41, 5.74) is 1.50. The number of nitrogens with one attached hydrogen (secondary N) is 1. The van der Waals surface area contributed by atoms with Gasteiger partial charge in [0, 0.05) is 17.5 Å². The molecule has 0 spiro atoms. The van der Waals surface area contributed by atoms with Gasteiger partial charge < -0.3 is 14.5 Å². The van der Waals surface area contributed by atoms with Crippen molar-refractivity contribution in [2.45, 2.75) is 51.2 Å². The summed E-state index contributed by atoms with van der Waals surface area (Å²) < 4.78 is 12.2. The number of carbonyl (C=O) groups is 1. The molecular weight excluding hydrogens is 396 g/mol. The van der Waals surface area contributed by atoms with Crippen molar-refractivity contribution < 1.29 is 14.3 Å². The van der Waals surface area contributed by atoms with Crippen LogP contribution in [0.5, 0.6) is 0 Å². The molecule has 0 saturated heterocycles. The Morgan fingerprint density at radius 3 is 2.54 bits per heavy atom. The highest BCUT2D eigenvalue weighted by Gasteiger charge is 2.43. The number of methoxy groups -OCH3 is 1. The SMILES string of the molecule is COC1C[C@@H](C(=O)OC(C)(C)C)[C@H](c2ncc(-c3ccc(Br)cc3)[nH]2)C1. The maximum atomic E-state index is 12.7. The third-order valence-electron chi connectivity index (χ3n) is 4.66. The Hall–Kier alpha value is -1.66. The molecule has 140 valence electrons. The smallest absolute Gasteiger partial charge is 0.310 e. The van der Waals surface area contributed by atoms with E-state index in [9.17, 15) is 4.79 Å². The molecule has 3 rings (SSSR count). The van der Waals surface area contributed by atoms with Crippen LogP contribution in [0.15, 0.2) is 34.9 Å². The highest BCUT2D eigenvalue weighted by Crippen LogP contribution is 2.41. The molecule has 2 aromatic rings. The first kappa shape index (κ1) is 19.1. The summed E-state index contributed by atoms with van der Waals surface area (Å²) >= 11 is 3.45. The van der Waals surface area contributed by atoms with Crippen LogP contribution in [0.2, 0.25) is 0 Å². The van der Waals surface area contributed by atoms with Crippen molar-refractivity contribution in [1.29, 1.82) is 0 Å². The van der Waals surface area contributed by atoms with E-state index in [0.717, 1.165) is 28.0 Å². The lowest BCUT2D eigenvalue weighted by molar-refractivity contribution is -0.160. The number of imidazole rings is 1. The Kier molecular flexibility index (Phi) is 5.53. The Bertz CT molecular complexity index is 764. The fourth-order valence-electron chi connectivity index (χ4n) is 3.43. The lowest BCUT2D eigenvalue weighted by Gasteiger charge is -2.24. The zero-order valence-electron chi connectivity index (χ0n) is 15.6. The molecule has 1 saturated carbocycles. The van der Waals surface area contributed by atoms with Crippen LogP contribution in [0.1, 0.15) is 45.4 Å². The number of halogens is 1. The predicted octanol–water partition coefficient (Wildman–Crippen LogP) is 4.69. The van der Waals surface area contributed by atoms with E-state index in [2.05, 4.69) is 25.9 Å². The van der Waals surface area contributed by atoms with Crippen molar-refractivity contribution in [2.24, 2.45) is 5.92 Å². The molecule has 3 atom stereocenters. The quantitative estimate of drug-likeness (QED) is 0.728. The molecular formula is C20H25BrN2O3. The summed E-state index contributed by atoms with van der Waals surface area (Å²) in [4.78, 5) is 20.7. The van der Waals surface area contributed by atoms with Crippen LogP contribution in [0, 0.1) is 5.92 Å². The van der Waals surface area contributed by atoms with Crippen molar-refractivity contribution in [1.82, 2.24) is 9.97 Å². The standard InChI is InChI=1S/C20H25BrN2O3/c1-20(2,3)26-19(24)16-10-14(25-4)9-15(16)18-22-11-17(23-18)12-5-7-13(21)8-6-12/h5-8,11,14-16H,9-10H2,1-4H3,(H,22,23)/t14?,15-,16-/m1/s1. The van der Waals surface area contributed by atoms with E-state index in [-0.39, 0.29) is 23.9 Å². The number of ether oxygens (including phenoxy) is 2. The minimum atomic E-state index is -0.501. The summed E-state index contributed by atoms with van der Waals surface area (Å²) in [5, 5.41) is 0. The molecule has 1 aliphatic carbocycles. The molecule has 1 aliphatic rings. The van der Waals surface area contributed by atoms with Crippen molar-refractivity contribution in [3.05, 3.63) is 40.8 Å². The second-order valence-electron chi connectivity index (χ2n) is 7.76. The van der Waals surface area contributed by atoms with Gasteiger partial charge in [0.05, 0.1) is 23.9 Å². The summed E-state index contributed by atoms with van der Waals surface area (Å²) in [6.45, 7) is 5.67. The minimum Gasteiger partial charge on any atom is -0.460 e. The van der Waals surface area contributed by atoms with E-state index in [1.807, 2.05) is 51.2 Å². The van der Waals surface area contributed by atoms with Gasteiger partial charge in [0.1, 0.15) is 11.4 Å². The molecule has 1 N–H and O–H groups in total. The van der Waals surface area contributed by atoms with Gasteiger partial charge in [-0.2, -0.15) is 0 Å². The van der Waals surface area contributed by atoms with Crippen molar-refractivity contribution in [3.63, 3.8) is 0 Å². The van der Waals surface area contributed by atoms with Gasteiger partial charge in [0.2, 0.25) is 0 Å². The van der Waals surface area contributed by atoms with Gasteiger partial charge in [-0.1, -0.05) is 28.1 Å². The first-order valence-electron chi connectivity index (χ1n) is 8.83. The minimum absolute atomic E-state index is 0.0287. The monoisotopic (exact) mass is 420 g/mol. The maximum Gasteiger partial charge on any atom is 0.310 e. The highest BCUT2D eigenvalue weighted by atomic mass is 79.9. The molecule has 0 radical (unpaired) electrons. The van der Waals surface area contributed by atoms with Crippen molar-refractivity contribution in [3.8, 4) is 11.3 Å². The van der Waals surface area contributed by atoms with Crippen LogP contribution >= 0.6 is 15.9 Å². The average molecular weight is 421 g/mol. The number of hydrogen-bond donors (Lipinski definition) is 1. The Morgan fingerprint density at radius 1 is 1.23 bits per heavy atom. The number of esters is 1. The first-order chi connectivity index (χ1) is 12.3. The van der Waals surface area contributed by atoms with E-state index in [1.165, 1.54) is 0 Å². The topological polar surface area (TPSA) is 64.2 Å². The van der Waals surface area contributed by atoms with Crippen LogP contribution in [0.3, 0.4) is 0 Å². The number of aromatic nitrogens is 2. The van der Waals surface area contributed by atoms with Crippen LogP contribution in [0.4, 0.5) is 0 Å². The molecule has 6 heteroatoms. The maximum absolute atomic E-state index is 12.7. The molecule has 0 amide bonds. The normalized spacial score (nSPS) is 23.2. The van der Waals surface area contributed by atoms with E-state index < -0.39 is 5.60 Å². The number of hydrogen-bond acceptors (Lipinski definition) is 4. The lowest BCUT2D eigenvalue weighted by atomic mass is 9.95. The fourth-order valence-corrected chi connectivity index (χ4v) is 3.69. The zero-order chi connectivity index (χ0) is 18.9. The second-order valence-corrected chi connectivity index (χ2v) is 8.68. The molecule has 1 heterocycles. The highest BCUT2D eigenvalue weighted by molar-refractivity contribution is 9.10. The van der Waals surface area contributed by atoms with Gasteiger partial charge >= 0.3 is 5.97 Å². The number of H-pyrrole nitrogens is 1. The van der Waals surface area contributed by atoms with Crippen LogP contribution in [0.25, 0.3) is 11.3 Å². The summed E-state index contributed by atoms with van der Waals surface area (Å²) in [6.07, 6.45) is 3.28. The Balaban J connectivity index is 1.83. The molecule has 5 nitrogen and oxygen atoms in total. The van der Waals surface area contributed by atoms with Gasteiger partial charge in [0.25, 0.3) is 0 Å². The molecule has 1 aromatic carbocycles. The van der Waals surface area contributed by atoms with Gasteiger partial charge in [-0.15, -0.1) is 0 Å². The third kappa shape index (κ3) is 4.35. The second kappa shape index (κ2) is 7.53. The molecule has 1 fully saturated rings. The van der Waals surface area contributed by atoms with Gasteiger partial charge in [-0.05, 0) is 51.3 Å². The first-order valence-corrected chi connectivity index (χ1v) is 9.62. The van der Waals surface area contributed by atoms with E-state index in [4.69, 9.17) is 9.47 Å². The van der Waals surface area contributed by atoms with Crippen molar-refractivity contribution >= 4 is 21.9 Å². The van der Waals surface area contributed by atoms with Gasteiger partial charge in [0.15, 0.2) is 0 Å². The van der Waals surface area contributed by atoms with Crippen molar-refractivity contribution in [2.75, 3.05) is 7.11 Å². The van der Waals surface area contributed by atoms with Gasteiger partial charge in [-0.3, -0.25) is 4.79 Å². The average Bonchev–Trinajstić information content (AvgIpc) is 3.20.